The molecule has 38 heavy (non-hydrogen) atoms. The normalized spacial score (nSPS) is 12.0. The maximum Gasteiger partial charge on any atom is 0.244 e. The third-order valence-electron chi connectivity index (χ3n) is 6.37. The highest BCUT2D eigenvalue weighted by atomic mass is 32.2. The van der Waals surface area contributed by atoms with Crippen molar-refractivity contribution >= 4 is 27.5 Å². The predicted octanol–water partition coefficient (Wildman–Crippen LogP) is 4.15. The van der Waals surface area contributed by atoms with Crippen LogP contribution >= 0.6 is 0 Å². The number of nitrogens with one attached hydrogen (secondary N) is 1. The zero-order chi connectivity index (χ0) is 27.9. The van der Waals surface area contributed by atoms with Gasteiger partial charge in [-0.05, 0) is 56.0 Å². The fourth-order valence-electron chi connectivity index (χ4n) is 4.44. The maximum absolute atomic E-state index is 14.0. The van der Waals surface area contributed by atoms with E-state index in [1.165, 1.54) is 4.90 Å². The highest BCUT2D eigenvalue weighted by Gasteiger charge is 2.33. The van der Waals surface area contributed by atoms with E-state index in [1.807, 2.05) is 94.4 Å². The second-order valence-electron chi connectivity index (χ2n) is 9.67. The summed E-state index contributed by atoms with van der Waals surface area (Å²) in [7, 11) is -3.80. The third kappa shape index (κ3) is 7.68. The maximum atomic E-state index is 14.0. The van der Waals surface area contributed by atoms with Crippen molar-refractivity contribution in [3.63, 3.8) is 0 Å². The van der Waals surface area contributed by atoms with E-state index in [1.54, 1.807) is 6.07 Å². The molecule has 0 saturated heterocycles. The first-order chi connectivity index (χ1) is 18.0. The largest absolute Gasteiger partial charge is 0.355 e. The van der Waals surface area contributed by atoms with Crippen molar-refractivity contribution in [2.75, 3.05) is 23.7 Å². The van der Waals surface area contributed by atoms with E-state index in [-0.39, 0.29) is 12.5 Å². The molecule has 0 saturated carbocycles. The molecular weight excluding hydrogens is 498 g/mol. The molecule has 3 aromatic carbocycles. The molecule has 0 aromatic heterocycles. The molecule has 202 valence electrons. The first-order valence-electron chi connectivity index (χ1n) is 12.7. The van der Waals surface area contributed by atoms with E-state index in [9.17, 15) is 18.0 Å². The van der Waals surface area contributed by atoms with Gasteiger partial charge in [-0.3, -0.25) is 13.9 Å². The number of nitrogens with zero attached hydrogens (tertiary/aromatic N) is 2. The summed E-state index contributed by atoms with van der Waals surface area (Å²) in [6.07, 6.45) is 1.39. The van der Waals surface area contributed by atoms with Gasteiger partial charge in [0, 0.05) is 19.5 Å². The monoisotopic (exact) mass is 535 g/mol. The van der Waals surface area contributed by atoms with E-state index in [0.29, 0.717) is 18.7 Å². The van der Waals surface area contributed by atoms with Crippen LogP contribution in [0, 0.1) is 20.8 Å². The molecule has 1 N–H and O–H groups in total. The van der Waals surface area contributed by atoms with Gasteiger partial charge < -0.3 is 10.2 Å². The summed E-state index contributed by atoms with van der Waals surface area (Å²) in [6, 6.07) is 21.9. The van der Waals surface area contributed by atoms with E-state index in [0.717, 1.165) is 38.4 Å². The van der Waals surface area contributed by atoms with Gasteiger partial charge in [0.1, 0.15) is 12.6 Å². The lowest BCUT2D eigenvalue weighted by Crippen LogP contribution is -2.53. The second kappa shape index (κ2) is 12.7. The molecule has 0 aliphatic carbocycles. The minimum Gasteiger partial charge on any atom is -0.355 e. The standard InChI is InChI=1S/C30H37N3O4S/c1-6-31-30(35)28(19-25-12-8-7-9-13-25)32(20-26-14-10-11-22(2)17-26)29(34)21-33(38(5,36)37)27-18-23(3)15-16-24(27)4/h7-18,28H,6,19-21H2,1-5H3,(H,31,35). The van der Waals surface area contributed by atoms with Crippen molar-refractivity contribution in [3.8, 4) is 0 Å². The molecule has 0 aliphatic heterocycles. The predicted molar refractivity (Wildman–Crippen MR) is 152 cm³/mol. The van der Waals surface area contributed by atoms with E-state index in [2.05, 4.69) is 5.32 Å². The number of likely N-dealkylation sites (N-methyl/N-ethyl adjacent to an activating group) is 1. The van der Waals surface area contributed by atoms with Gasteiger partial charge in [0.25, 0.3) is 0 Å². The number of rotatable bonds is 11. The Kier molecular flexibility index (Phi) is 9.69. The van der Waals surface area contributed by atoms with Gasteiger partial charge in [0.05, 0.1) is 11.9 Å². The molecule has 0 spiro atoms. The Bertz CT molecular complexity index is 1370. The summed E-state index contributed by atoms with van der Waals surface area (Å²) in [6.45, 7) is 7.64. The SMILES string of the molecule is CCNC(=O)C(Cc1ccccc1)N(Cc1cccc(C)c1)C(=O)CN(c1cc(C)ccc1C)S(C)(=O)=O. The summed E-state index contributed by atoms with van der Waals surface area (Å²) in [5.41, 5.74) is 4.87. The molecule has 1 unspecified atom stereocenters. The number of anilines is 1. The van der Waals surface area contributed by atoms with Crippen molar-refractivity contribution in [2.45, 2.75) is 46.7 Å². The van der Waals surface area contributed by atoms with Crippen molar-refractivity contribution in [1.29, 1.82) is 0 Å². The Labute approximate surface area is 226 Å². The number of sulfonamides is 1. The summed E-state index contributed by atoms with van der Waals surface area (Å²) in [4.78, 5) is 28.9. The summed E-state index contributed by atoms with van der Waals surface area (Å²) in [5, 5.41) is 2.87. The average molecular weight is 536 g/mol. The van der Waals surface area contributed by atoms with Crippen molar-refractivity contribution < 1.29 is 18.0 Å². The van der Waals surface area contributed by atoms with Gasteiger partial charge in [-0.25, -0.2) is 8.42 Å². The number of hydrogen-bond acceptors (Lipinski definition) is 4. The molecule has 0 fully saturated rings. The fraction of sp³-hybridized carbons (Fsp3) is 0.333. The van der Waals surface area contributed by atoms with E-state index >= 15 is 0 Å². The number of carbonyl (C=O) groups excluding carboxylic acids is 2. The molecule has 0 radical (unpaired) electrons. The van der Waals surface area contributed by atoms with E-state index < -0.39 is 28.5 Å². The molecule has 7 nitrogen and oxygen atoms in total. The van der Waals surface area contributed by atoms with Gasteiger partial charge in [-0.2, -0.15) is 0 Å². The van der Waals surface area contributed by atoms with Gasteiger partial charge >= 0.3 is 0 Å². The van der Waals surface area contributed by atoms with Crippen LogP contribution in [0.2, 0.25) is 0 Å². The van der Waals surface area contributed by atoms with Gasteiger partial charge in [0.15, 0.2) is 0 Å². The van der Waals surface area contributed by atoms with Gasteiger partial charge in [-0.15, -0.1) is 0 Å². The quantitative estimate of drug-likeness (QED) is 0.400. The van der Waals surface area contributed by atoms with Crippen LogP contribution in [-0.2, 0) is 32.6 Å². The number of amides is 2. The molecule has 0 aliphatic rings. The van der Waals surface area contributed by atoms with Crippen molar-refractivity contribution in [3.05, 3.63) is 101 Å². The zero-order valence-corrected chi connectivity index (χ0v) is 23.6. The lowest BCUT2D eigenvalue weighted by molar-refractivity contribution is -0.140. The molecular formula is C30H37N3O4S. The van der Waals surface area contributed by atoms with Crippen LogP contribution in [-0.4, -0.2) is 50.5 Å². The Balaban J connectivity index is 2.07. The Morgan fingerprint density at radius 3 is 2.16 bits per heavy atom. The molecule has 2 amide bonds. The average Bonchev–Trinajstić information content (AvgIpc) is 2.86. The Morgan fingerprint density at radius 1 is 0.868 bits per heavy atom. The minimum absolute atomic E-state index is 0.166. The van der Waals surface area contributed by atoms with Crippen molar-refractivity contribution in [2.24, 2.45) is 0 Å². The van der Waals surface area contributed by atoms with Crippen LogP contribution in [0.3, 0.4) is 0 Å². The third-order valence-corrected chi connectivity index (χ3v) is 7.50. The molecule has 0 bridgehead atoms. The summed E-state index contributed by atoms with van der Waals surface area (Å²) >= 11 is 0. The first kappa shape index (κ1) is 28.9. The van der Waals surface area contributed by atoms with Crippen LogP contribution in [0.25, 0.3) is 0 Å². The highest BCUT2D eigenvalue weighted by molar-refractivity contribution is 7.92. The lowest BCUT2D eigenvalue weighted by atomic mass is 10.0. The van der Waals surface area contributed by atoms with Crippen LogP contribution < -0.4 is 9.62 Å². The Morgan fingerprint density at radius 2 is 1.53 bits per heavy atom. The number of benzene rings is 3. The molecule has 3 rings (SSSR count). The molecule has 1 atom stereocenters. The van der Waals surface area contributed by atoms with Crippen LogP contribution in [0.15, 0.2) is 72.8 Å². The van der Waals surface area contributed by atoms with Crippen molar-refractivity contribution in [1.82, 2.24) is 10.2 Å². The van der Waals surface area contributed by atoms with Gasteiger partial charge in [0.2, 0.25) is 21.8 Å². The minimum atomic E-state index is -3.80. The number of aryl methyl sites for hydroxylation is 3. The fourth-order valence-corrected chi connectivity index (χ4v) is 5.34. The van der Waals surface area contributed by atoms with Gasteiger partial charge in [-0.1, -0.05) is 72.3 Å². The molecule has 8 heteroatoms. The summed E-state index contributed by atoms with van der Waals surface area (Å²) in [5.74, 6) is -0.736. The highest BCUT2D eigenvalue weighted by Crippen LogP contribution is 2.25. The zero-order valence-electron chi connectivity index (χ0n) is 22.8. The van der Waals surface area contributed by atoms with Crippen LogP contribution in [0.5, 0.6) is 0 Å². The van der Waals surface area contributed by atoms with Crippen LogP contribution in [0.1, 0.15) is 34.7 Å². The molecule has 0 heterocycles. The number of hydrogen-bond donors (Lipinski definition) is 1. The topological polar surface area (TPSA) is 86.8 Å². The number of carbonyl (C=O) groups is 2. The Hall–Kier alpha value is -3.65. The summed E-state index contributed by atoms with van der Waals surface area (Å²) < 4.78 is 27.0. The smallest absolute Gasteiger partial charge is 0.244 e. The second-order valence-corrected chi connectivity index (χ2v) is 11.6. The molecule has 3 aromatic rings. The lowest BCUT2D eigenvalue weighted by Gasteiger charge is -2.34. The van der Waals surface area contributed by atoms with Crippen LogP contribution in [0.4, 0.5) is 5.69 Å². The van der Waals surface area contributed by atoms with E-state index in [4.69, 9.17) is 0 Å². The first-order valence-corrected chi connectivity index (χ1v) is 14.6.